The van der Waals surface area contributed by atoms with Gasteiger partial charge < -0.3 is 14.6 Å². The molecule has 2 rings (SSSR count). The Morgan fingerprint density at radius 1 is 1.24 bits per heavy atom. The Morgan fingerprint density at radius 3 is 2.47 bits per heavy atom. The fourth-order valence-corrected chi connectivity index (χ4v) is 3.47. The number of carboxylic acid groups (broad SMARTS) is 1. The minimum Gasteiger partial charge on any atom is -0.481 e. The molecule has 0 amide bonds. The maximum Gasteiger partial charge on any atom is 0.303 e. The van der Waals surface area contributed by atoms with Crippen molar-refractivity contribution < 1.29 is 19.4 Å². The van der Waals surface area contributed by atoms with Gasteiger partial charge in [0, 0.05) is 18.3 Å². The molecule has 1 N–H and O–H groups in total. The standard InChI is InChI=1S/C13H22O4/c1-2-12(8-5-11(14)15)6-3-4-7-13(12)16-9-10-17-13/h2-10H2,1H3,(H,14,15)/t12-/m0/s1. The molecule has 0 unspecified atom stereocenters. The molecule has 1 aliphatic carbocycles. The van der Waals surface area contributed by atoms with Gasteiger partial charge in [0.25, 0.3) is 0 Å². The van der Waals surface area contributed by atoms with Gasteiger partial charge >= 0.3 is 5.97 Å². The van der Waals surface area contributed by atoms with E-state index in [1.165, 1.54) is 0 Å². The second-order valence-electron chi connectivity index (χ2n) is 5.18. The Balaban J connectivity index is 2.17. The van der Waals surface area contributed by atoms with Gasteiger partial charge in [-0.3, -0.25) is 4.79 Å². The van der Waals surface area contributed by atoms with Crippen LogP contribution in [0.1, 0.15) is 51.9 Å². The van der Waals surface area contributed by atoms with E-state index < -0.39 is 11.8 Å². The van der Waals surface area contributed by atoms with E-state index in [0.29, 0.717) is 19.6 Å². The number of ether oxygens (including phenoxy) is 2. The van der Waals surface area contributed by atoms with Gasteiger partial charge in [-0.25, -0.2) is 0 Å². The lowest BCUT2D eigenvalue weighted by Gasteiger charge is -2.49. The van der Waals surface area contributed by atoms with Crippen molar-refractivity contribution in [2.45, 2.75) is 57.7 Å². The first-order valence-electron chi connectivity index (χ1n) is 6.64. The van der Waals surface area contributed by atoms with Crippen molar-refractivity contribution in [2.24, 2.45) is 5.41 Å². The maximum absolute atomic E-state index is 10.8. The van der Waals surface area contributed by atoms with Gasteiger partial charge in [-0.05, 0) is 25.7 Å². The van der Waals surface area contributed by atoms with Crippen LogP contribution in [0.3, 0.4) is 0 Å². The molecule has 0 aromatic rings. The van der Waals surface area contributed by atoms with E-state index in [2.05, 4.69) is 6.92 Å². The zero-order chi connectivity index (χ0) is 12.4. The zero-order valence-corrected chi connectivity index (χ0v) is 10.5. The van der Waals surface area contributed by atoms with Crippen LogP contribution in [0.2, 0.25) is 0 Å². The third-order valence-corrected chi connectivity index (χ3v) is 4.47. The number of carboxylic acids is 1. The Labute approximate surface area is 102 Å². The van der Waals surface area contributed by atoms with Crippen LogP contribution in [-0.4, -0.2) is 30.1 Å². The lowest BCUT2D eigenvalue weighted by Crippen LogP contribution is -2.51. The first-order valence-corrected chi connectivity index (χ1v) is 6.64. The summed E-state index contributed by atoms with van der Waals surface area (Å²) in [6.07, 6.45) is 6.02. The van der Waals surface area contributed by atoms with Crippen LogP contribution in [0.5, 0.6) is 0 Å². The second kappa shape index (κ2) is 4.94. The Kier molecular flexibility index (Phi) is 3.73. The molecule has 0 aromatic carbocycles. The molecule has 98 valence electrons. The van der Waals surface area contributed by atoms with E-state index in [9.17, 15) is 4.79 Å². The molecule has 1 saturated heterocycles. The predicted molar refractivity (Wildman–Crippen MR) is 62.7 cm³/mol. The topological polar surface area (TPSA) is 55.8 Å². The monoisotopic (exact) mass is 242 g/mol. The Morgan fingerprint density at radius 2 is 1.88 bits per heavy atom. The quantitative estimate of drug-likeness (QED) is 0.823. The van der Waals surface area contributed by atoms with Crippen LogP contribution in [0, 0.1) is 5.41 Å². The lowest BCUT2D eigenvalue weighted by atomic mass is 9.65. The number of hydrogen-bond donors (Lipinski definition) is 1. The third-order valence-electron chi connectivity index (χ3n) is 4.47. The van der Waals surface area contributed by atoms with E-state index in [4.69, 9.17) is 14.6 Å². The fourth-order valence-electron chi connectivity index (χ4n) is 3.47. The summed E-state index contributed by atoms with van der Waals surface area (Å²) in [5, 5.41) is 8.90. The summed E-state index contributed by atoms with van der Waals surface area (Å²) in [7, 11) is 0. The summed E-state index contributed by atoms with van der Waals surface area (Å²) in [6, 6.07) is 0. The van der Waals surface area contributed by atoms with Gasteiger partial charge in [0.05, 0.1) is 13.2 Å². The van der Waals surface area contributed by atoms with Gasteiger partial charge in [0.2, 0.25) is 0 Å². The molecule has 0 radical (unpaired) electrons. The van der Waals surface area contributed by atoms with Crippen LogP contribution in [-0.2, 0) is 14.3 Å². The third kappa shape index (κ3) is 2.20. The highest BCUT2D eigenvalue weighted by Gasteiger charge is 2.55. The Hall–Kier alpha value is -0.610. The summed E-state index contributed by atoms with van der Waals surface area (Å²) in [4.78, 5) is 10.8. The van der Waals surface area contributed by atoms with Crippen molar-refractivity contribution >= 4 is 5.97 Å². The van der Waals surface area contributed by atoms with Gasteiger partial charge in [-0.2, -0.15) is 0 Å². The molecule has 1 spiro atoms. The minimum absolute atomic E-state index is 0.0971. The molecule has 1 saturated carbocycles. The van der Waals surface area contributed by atoms with Crippen molar-refractivity contribution in [2.75, 3.05) is 13.2 Å². The normalized spacial score (nSPS) is 31.8. The minimum atomic E-state index is -0.725. The summed E-state index contributed by atoms with van der Waals surface area (Å²) >= 11 is 0. The molecule has 4 nitrogen and oxygen atoms in total. The van der Waals surface area contributed by atoms with Crippen molar-refractivity contribution in [3.8, 4) is 0 Å². The van der Waals surface area contributed by atoms with E-state index in [1.54, 1.807) is 0 Å². The van der Waals surface area contributed by atoms with Gasteiger partial charge in [-0.1, -0.05) is 13.3 Å². The molecule has 4 heteroatoms. The molecule has 1 aliphatic heterocycles. The summed E-state index contributed by atoms with van der Waals surface area (Å²) in [5.74, 6) is -1.22. The predicted octanol–water partition coefficient (Wildman–Crippen LogP) is 2.56. The molecule has 2 fully saturated rings. The molecule has 17 heavy (non-hydrogen) atoms. The van der Waals surface area contributed by atoms with Gasteiger partial charge in [0.1, 0.15) is 0 Å². The fraction of sp³-hybridized carbons (Fsp3) is 0.923. The highest BCUT2D eigenvalue weighted by atomic mass is 16.7. The van der Waals surface area contributed by atoms with Crippen LogP contribution in [0.25, 0.3) is 0 Å². The largest absolute Gasteiger partial charge is 0.481 e. The van der Waals surface area contributed by atoms with Crippen LogP contribution in [0.4, 0.5) is 0 Å². The van der Waals surface area contributed by atoms with E-state index >= 15 is 0 Å². The maximum atomic E-state index is 10.8. The van der Waals surface area contributed by atoms with Crippen molar-refractivity contribution in [1.29, 1.82) is 0 Å². The number of rotatable bonds is 4. The van der Waals surface area contributed by atoms with Crippen LogP contribution in [0.15, 0.2) is 0 Å². The zero-order valence-electron chi connectivity index (χ0n) is 10.5. The van der Waals surface area contributed by atoms with E-state index in [-0.39, 0.29) is 11.8 Å². The first kappa shape index (κ1) is 12.8. The number of carbonyl (C=O) groups is 1. The second-order valence-corrected chi connectivity index (χ2v) is 5.18. The van der Waals surface area contributed by atoms with Crippen molar-refractivity contribution in [1.82, 2.24) is 0 Å². The van der Waals surface area contributed by atoms with Gasteiger partial charge in [0.15, 0.2) is 5.79 Å². The molecule has 2 aliphatic rings. The highest BCUT2D eigenvalue weighted by Crippen LogP contribution is 2.54. The van der Waals surface area contributed by atoms with Crippen LogP contribution < -0.4 is 0 Å². The average Bonchev–Trinajstić information content (AvgIpc) is 2.78. The van der Waals surface area contributed by atoms with Crippen molar-refractivity contribution in [3.05, 3.63) is 0 Å². The molecule has 0 aromatic heterocycles. The van der Waals surface area contributed by atoms with E-state index in [1.807, 2.05) is 0 Å². The van der Waals surface area contributed by atoms with Crippen LogP contribution >= 0.6 is 0 Å². The molecular formula is C13H22O4. The SMILES string of the molecule is CC[C@@]1(CCC(=O)O)CCCCC12OCCO2. The van der Waals surface area contributed by atoms with E-state index in [0.717, 1.165) is 32.1 Å². The Bertz CT molecular complexity index is 283. The summed E-state index contributed by atoms with van der Waals surface area (Å²) in [6.45, 7) is 3.42. The molecule has 1 heterocycles. The lowest BCUT2D eigenvalue weighted by molar-refractivity contribution is -0.260. The summed E-state index contributed by atoms with van der Waals surface area (Å²) < 4.78 is 11.8. The number of hydrogen-bond acceptors (Lipinski definition) is 3. The molecule has 0 bridgehead atoms. The summed E-state index contributed by atoms with van der Waals surface area (Å²) in [5.41, 5.74) is -0.0971. The smallest absolute Gasteiger partial charge is 0.303 e. The number of aliphatic carboxylic acids is 1. The molecule has 1 atom stereocenters. The van der Waals surface area contributed by atoms with Crippen molar-refractivity contribution in [3.63, 3.8) is 0 Å². The van der Waals surface area contributed by atoms with Gasteiger partial charge in [-0.15, -0.1) is 0 Å². The first-order chi connectivity index (χ1) is 8.14. The average molecular weight is 242 g/mol. The molecular weight excluding hydrogens is 220 g/mol. The highest BCUT2D eigenvalue weighted by molar-refractivity contribution is 5.66.